The molecule has 2 unspecified atom stereocenters. The van der Waals surface area contributed by atoms with Gasteiger partial charge in [0.1, 0.15) is 0 Å². The number of nitriles is 1. The maximum atomic E-state index is 9.61. The van der Waals surface area contributed by atoms with Gasteiger partial charge in [-0.15, -0.1) is 0 Å². The molecule has 0 spiro atoms. The Morgan fingerprint density at radius 2 is 2.04 bits per heavy atom. The standard InChI is InChI=1S/C24H27N3/c1-3-26-16-17(2)19-12-18(15-25)13-20(14-19)27-23-10-6-4-8-21(23)22-9-5-7-11-24(22)27/h4,6,8,10,12-14,16-17,22,24H,3,5,7,9,11H2,1-2H3/t17-,22?,24?/m0/s1. The van der Waals surface area contributed by atoms with Gasteiger partial charge in [-0.2, -0.15) is 5.26 Å². The third-order valence-corrected chi connectivity index (χ3v) is 6.04. The third kappa shape index (κ3) is 3.25. The minimum atomic E-state index is 0.206. The van der Waals surface area contributed by atoms with Crippen LogP contribution in [0.4, 0.5) is 11.4 Å². The van der Waals surface area contributed by atoms with Gasteiger partial charge in [0.05, 0.1) is 11.6 Å². The fraction of sp³-hybridized carbons (Fsp3) is 0.417. The maximum absolute atomic E-state index is 9.61. The molecule has 1 saturated carbocycles. The molecule has 0 radical (unpaired) electrons. The van der Waals surface area contributed by atoms with Gasteiger partial charge in [0, 0.05) is 42.0 Å². The second kappa shape index (κ2) is 7.56. The minimum absolute atomic E-state index is 0.206. The predicted octanol–water partition coefficient (Wildman–Crippen LogP) is 5.93. The fourth-order valence-corrected chi connectivity index (χ4v) is 4.76. The SMILES string of the molecule is CCN=C[C@H](C)c1cc(C#N)cc(N2c3ccccc3C3CCCCC32)c1. The van der Waals surface area contributed by atoms with E-state index in [-0.39, 0.29) is 5.92 Å². The zero-order valence-electron chi connectivity index (χ0n) is 16.2. The highest BCUT2D eigenvalue weighted by Crippen LogP contribution is 2.51. The number of hydrogen-bond donors (Lipinski definition) is 0. The summed E-state index contributed by atoms with van der Waals surface area (Å²) < 4.78 is 0. The lowest BCUT2D eigenvalue weighted by Gasteiger charge is -2.34. The molecule has 0 N–H and O–H groups in total. The molecular formula is C24H27N3. The number of para-hydroxylation sites is 1. The molecule has 1 heterocycles. The molecule has 1 aliphatic carbocycles. The molecule has 3 nitrogen and oxygen atoms in total. The van der Waals surface area contributed by atoms with Gasteiger partial charge in [-0.25, -0.2) is 0 Å². The lowest BCUT2D eigenvalue weighted by Crippen LogP contribution is -2.32. The van der Waals surface area contributed by atoms with E-state index in [1.807, 2.05) is 19.2 Å². The van der Waals surface area contributed by atoms with E-state index >= 15 is 0 Å². The minimum Gasteiger partial charge on any atom is -0.337 e. The molecule has 138 valence electrons. The van der Waals surface area contributed by atoms with Crippen molar-refractivity contribution < 1.29 is 0 Å². The first-order valence-electron chi connectivity index (χ1n) is 10.2. The van der Waals surface area contributed by atoms with Crippen molar-refractivity contribution in [1.82, 2.24) is 0 Å². The summed E-state index contributed by atoms with van der Waals surface area (Å²) in [7, 11) is 0. The van der Waals surface area contributed by atoms with Gasteiger partial charge in [-0.05, 0) is 55.2 Å². The van der Waals surface area contributed by atoms with Crippen LogP contribution in [-0.4, -0.2) is 18.8 Å². The molecule has 2 aliphatic rings. The van der Waals surface area contributed by atoms with Crippen LogP contribution in [0.15, 0.2) is 47.5 Å². The van der Waals surface area contributed by atoms with E-state index in [0.717, 1.165) is 23.4 Å². The lowest BCUT2D eigenvalue weighted by molar-refractivity contribution is 0.402. The van der Waals surface area contributed by atoms with Crippen molar-refractivity contribution in [3.63, 3.8) is 0 Å². The van der Waals surface area contributed by atoms with Crippen LogP contribution in [0.25, 0.3) is 0 Å². The van der Waals surface area contributed by atoms with Gasteiger partial charge in [-0.3, -0.25) is 4.99 Å². The molecule has 2 aromatic rings. The van der Waals surface area contributed by atoms with Crippen LogP contribution < -0.4 is 4.90 Å². The third-order valence-electron chi connectivity index (χ3n) is 6.04. The quantitative estimate of drug-likeness (QED) is 0.636. The summed E-state index contributed by atoms with van der Waals surface area (Å²) in [6.45, 7) is 4.99. The highest BCUT2D eigenvalue weighted by atomic mass is 15.2. The van der Waals surface area contributed by atoms with Crippen LogP contribution in [0.1, 0.15) is 68.1 Å². The summed E-state index contributed by atoms with van der Waals surface area (Å²) in [5, 5.41) is 9.61. The van der Waals surface area contributed by atoms with Gasteiger partial charge in [-0.1, -0.05) is 38.0 Å². The van der Waals surface area contributed by atoms with Crippen LogP contribution in [0.2, 0.25) is 0 Å². The highest BCUT2D eigenvalue weighted by Gasteiger charge is 2.40. The van der Waals surface area contributed by atoms with Gasteiger partial charge in [0.25, 0.3) is 0 Å². The normalized spacial score (nSPS) is 22.3. The van der Waals surface area contributed by atoms with E-state index in [0.29, 0.717) is 12.0 Å². The summed E-state index contributed by atoms with van der Waals surface area (Å²) >= 11 is 0. The summed E-state index contributed by atoms with van der Waals surface area (Å²) in [6.07, 6.45) is 7.09. The molecule has 1 fully saturated rings. The largest absolute Gasteiger partial charge is 0.337 e. The molecule has 3 atom stereocenters. The monoisotopic (exact) mass is 357 g/mol. The second-order valence-corrected chi connectivity index (χ2v) is 7.75. The van der Waals surface area contributed by atoms with Crippen molar-refractivity contribution in [2.24, 2.45) is 4.99 Å². The molecule has 0 amide bonds. The topological polar surface area (TPSA) is 39.4 Å². The number of hydrogen-bond acceptors (Lipinski definition) is 3. The molecule has 27 heavy (non-hydrogen) atoms. The molecule has 2 aromatic carbocycles. The Bertz CT molecular complexity index is 893. The zero-order valence-corrected chi connectivity index (χ0v) is 16.2. The molecule has 0 aromatic heterocycles. The highest BCUT2D eigenvalue weighted by molar-refractivity contribution is 5.76. The Labute approximate surface area is 162 Å². The Balaban J connectivity index is 1.80. The van der Waals surface area contributed by atoms with Crippen LogP contribution >= 0.6 is 0 Å². The maximum Gasteiger partial charge on any atom is 0.0992 e. The summed E-state index contributed by atoms with van der Waals surface area (Å²) in [4.78, 5) is 6.92. The van der Waals surface area contributed by atoms with Crippen molar-refractivity contribution in [3.05, 3.63) is 59.2 Å². The molecule has 0 bridgehead atoms. The van der Waals surface area contributed by atoms with E-state index < -0.39 is 0 Å². The lowest BCUT2D eigenvalue weighted by atomic mass is 9.82. The molecule has 0 saturated heterocycles. The summed E-state index contributed by atoms with van der Waals surface area (Å²) in [6, 6.07) is 18.0. The van der Waals surface area contributed by atoms with E-state index in [2.05, 4.69) is 59.3 Å². The van der Waals surface area contributed by atoms with Crippen LogP contribution in [-0.2, 0) is 0 Å². The van der Waals surface area contributed by atoms with Gasteiger partial charge in [0.2, 0.25) is 0 Å². The Morgan fingerprint density at radius 1 is 1.22 bits per heavy atom. The van der Waals surface area contributed by atoms with Crippen LogP contribution in [0.5, 0.6) is 0 Å². The first kappa shape index (κ1) is 17.8. The summed E-state index contributed by atoms with van der Waals surface area (Å²) in [5.74, 6) is 0.820. The van der Waals surface area contributed by atoms with E-state index in [9.17, 15) is 5.26 Å². The van der Waals surface area contributed by atoms with Crippen molar-refractivity contribution >= 4 is 17.6 Å². The van der Waals surface area contributed by atoms with Crippen LogP contribution in [0, 0.1) is 11.3 Å². The Hall–Kier alpha value is -2.60. The van der Waals surface area contributed by atoms with Crippen LogP contribution in [0.3, 0.4) is 0 Å². The Kier molecular flexibility index (Phi) is 4.99. The summed E-state index contributed by atoms with van der Waals surface area (Å²) in [5.41, 5.74) is 5.86. The average Bonchev–Trinajstić information content (AvgIpc) is 3.06. The van der Waals surface area contributed by atoms with E-state index in [4.69, 9.17) is 0 Å². The first-order valence-corrected chi connectivity index (χ1v) is 10.2. The average molecular weight is 358 g/mol. The van der Waals surface area contributed by atoms with Crippen molar-refractivity contribution in [3.8, 4) is 6.07 Å². The molecule has 1 aliphatic heterocycles. The van der Waals surface area contributed by atoms with Gasteiger partial charge >= 0.3 is 0 Å². The first-order chi connectivity index (χ1) is 13.2. The molecule has 3 heteroatoms. The molecular weight excluding hydrogens is 330 g/mol. The molecule has 4 rings (SSSR count). The Morgan fingerprint density at radius 3 is 2.85 bits per heavy atom. The van der Waals surface area contributed by atoms with E-state index in [1.54, 1.807) is 0 Å². The zero-order chi connectivity index (χ0) is 18.8. The number of benzene rings is 2. The second-order valence-electron chi connectivity index (χ2n) is 7.75. The number of fused-ring (bicyclic) bond motifs is 3. The van der Waals surface area contributed by atoms with E-state index in [1.165, 1.54) is 36.9 Å². The van der Waals surface area contributed by atoms with Crippen molar-refractivity contribution in [1.29, 1.82) is 5.26 Å². The van der Waals surface area contributed by atoms with Gasteiger partial charge < -0.3 is 4.90 Å². The number of anilines is 2. The predicted molar refractivity (Wildman–Crippen MR) is 112 cm³/mol. The van der Waals surface area contributed by atoms with Crippen molar-refractivity contribution in [2.45, 2.75) is 57.4 Å². The number of rotatable bonds is 4. The fourth-order valence-electron chi connectivity index (χ4n) is 4.76. The number of aliphatic imine (C=N–C) groups is 1. The van der Waals surface area contributed by atoms with Crippen molar-refractivity contribution in [2.75, 3.05) is 11.4 Å². The smallest absolute Gasteiger partial charge is 0.0992 e. The van der Waals surface area contributed by atoms with Gasteiger partial charge in [0.15, 0.2) is 0 Å². The number of nitrogens with zero attached hydrogens (tertiary/aromatic N) is 3.